The van der Waals surface area contributed by atoms with Crippen molar-refractivity contribution >= 4 is 17.0 Å². The monoisotopic (exact) mass is 268 g/mol. The van der Waals surface area contributed by atoms with Crippen LogP contribution in [0.3, 0.4) is 0 Å². The molecule has 0 N–H and O–H groups in total. The molecule has 94 valence electrons. The van der Waals surface area contributed by atoms with Crippen molar-refractivity contribution in [2.75, 3.05) is 6.61 Å². The number of carbonyl (C=O) groups excluding carboxylic acids is 1. The molecule has 17 heavy (non-hydrogen) atoms. The van der Waals surface area contributed by atoms with E-state index >= 15 is 0 Å². The van der Waals surface area contributed by atoms with Crippen LogP contribution in [0.1, 0.15) is 5.56 Å². The summed E-state index contributed by atoms with van der Waals surface area (Å²) in [5.74, 6) is 0.0864. The fourth-order valence-electron chi connectivity index (χ4n) is 0.987. The number of rotatable bonds is 4. The summed E-state index contributed by atoms with van der Waals surface area (Å²) in [6, 6.07) is 5.66. The first kappa shape index (κ1) is 13.6. The molecule has 1 aromatic rings. The standard InChI is InChI=1S/C10H8ClF3O3/c11-9(15)16-5-7-1-3-8(4-2-7)17-6-10(12,13)14/h1-4H,5-6H2. The van der Waals surface area contributed by atoms with Crippen LogP contribution >= 0.6 is 11.6 Å². The molecule has 0 saturated heterocycles. The van der Waals surface area contributed by atoms with Crippen LogP contribution in [-0.4, -0.2) is 18.2 Å². The first-order chi connectivity index (χ1) is 7.87. The molecular weight excluding hydrogens is 261 g/mol. The number of hydrogen-bond acceptors (Lipinski definition) is 3. The third kappa shape index (κ3) is 6.01. The maximum absolute atomic E-state index is 11.8. The van der Waals surface area contributed by atoms with Crippen molar-refractivity contribution in [3.05, 3.63) is 29.8 Å². The Kier molecular flexibility index (Phi) is 4.62. The van der Waals surface area contributed by atoms with Crippen LogP contribution in [0.15, 0.2) is 24.3 Å². The molecule has 0 aliphatic rings. The lowest BCUT2D eigenvalue weighted by Crippen LogP contribution is -2.19. The lowest BCUT2D eigenvalue weighted by atomic mass is 10.2. The minimum absolute atomic E-state index is 0.0398. The van der Waals surface area contributed by atoms with E-state index in [0.717, 1.165) is 0 Å². The molecule has 0 aliphatic carbocycles. The predicted molar refractivity (Wildman–Crippen MR) is 54.0 cm³/mol. The van der Waals surface area contributed by atoms with Gasteiger partial charge >= 0.3 is 11.6 Å². The molecule has 7 heteroatoms. The van der Waals surface area contributed by atoms with Crippen LogP contribution in [0.2, 0.25) is 0 Å². The van der Waals surface area contributed by atoms with Crippen LogP contribution in [0, 0.1) is 0 Å². The third-order valence-electron chi connectivity index (χ3n) is 1.68. The lowest BCUT2D eigenvalue weighted by molar-refractivity contribution is -0.153. The number of hydrogen-bond donors (Lipinski definition) is 0. The third-order valence-corrected chi connectivity index (χ3v) is 1.79. The summed E-state index contributed by atoms with van der Waals surface area (Å²) in [7, 11) is 0. The molecule has 0 fully saturated rings. The molecule has 0 radical (unpaired) electrons. The molecule has 3 nitrogen and oxygen atoms in total. The van der Waals surface area contributed by atoms with E-state index in [4.69, 9.17) is 11.6 Å². The highest BCUT2D eigenvalue weighted by atomic mass is 35.5. The molecule has 1 aromatic carbocycles. The van der Waals surface area contributed by atoms with Crippen molar-refractivity contribution in [1.82, 2.24) is 0 Å². The largest absolute Gasteiger partial charge is 0.484 e. The van der Waals surface area contributed by atoms with Gasteiger partial charge < -0.3 is 9.47 Å². The lowest BCUT2D eigenvalue weighted by Gasteiger charge is -2.09. The zero-order valence-corrected chi connectivity index (χ0v) is 9.22. The second-order valence-electron chi connectivity index (χ2n) is 3.07. The Morgan fingerprint density at radius 2 is 1.82 bits per heavy atom. The van der Waals surface area contributed by atoms with Crippen LogP contribution < -0.4 is 4.74 Å². The molecule has 0 saturated carbocycles. The average Bonchev–Trinajstić information content (AvgIpc) is 2.24. The minimum Gasteiger partial charge on any atom is -0.484 e. The summed E-state index contributed by atoms with van der Waals surface area (Å²) in [5, 5.41) is 0. The smallest absolute Gasteiger partial charge is 0.422 e. The van der Waals surface area contributed by atoms with E-state index in [-0.39, 0.29) is 12.4 Å². The van der Waals surface area contributed by atoms with E-state index in [9.17, 15) is 18.0 Å². The van der Waals surface area contributed by atoms with E-state index in [1.807, 2.05) is 0 Å². The van der Waals surface area contributed by atoms with Crippen molar-refractivity contribution in [1.29, 1.82) is 0 Å². The van der Waals surface area contributed by atoms with Crippen molar-refractivity contribution in [2.24, 2.45) is 0 Å². The van der Waals surface area contributed by atoms with E-state index in [0.29, 0.717) is 5.56 Å². The summed E-state index contributed by atoms with van der Waals surface area (Å²) in [5.41, 5.74) is -0.347. The molecule has 0 unspecified atom stereocenters. The second-order valence-corrected chi connectivity index (χ2v) is 3.38. The van der Waals surface area contributed by atoms with E-state index < -0.39 is 18.2 Å². The molecular formula is C10H8ClF3O3. The molecule has 0 atom stereocenters. The summed E-state index contributed by atoms with van der Waals surface area (Å²) in [6.07, 6.45) is -4.37. The first-order valence-electron chi connectivity index (χ1n) is 4.47. The Labute approximate surface area is 100 Å². The number of benzene rings is 1. The van der Waals surface area contributed by atoms with Crippen LogP contribution in [0.5, 0.6) is 5.75 Å². The van der Waals surface area contributed by atoms with Gasteiger partial charge in [0, 0.05) is 11.6 Å². The van der Waals surface area contributed by atoms with Crippen molar-refractivity contribution in [3.8, 4) is 5.75 Å². The molecule has 0 bridgehead atoms. The van der Waals surface area contributed by atoms with Gasteiger partial charge in [0.05, 0.1) is 0 Å². The SMILES string of the molecule is O=C(Cl)OCc1ccc(OCC(F)(F)F)cc1. The summed E-state index contributed by atoms with van der Waals surface area (Å²) in [4.78, 5) is 10.3. The fraction of sp³-hybridized carbons (Fsp3) is 0.300. The van der Waals surface area contributed by atoms with Crippen LogP contribution in [0.4, 0.5) is 18.0 Å². The zero-order valence-electron chi connectivity index (χ0n) is 8.46. The van der Waals surface area contributed by atoms with Gasteiger partial charge in [-0.25, -0.2) is 4.79 Å². The Balaban J connectivity index is 2.47. The Morgan fingerprint density at radius 1 is 1.24 bits per heavy atom. The van der Waals surface area contributed by atoms with Gasteiger partial charge in [0.2, 0.25) is 0 Å². The van der Waals surface area contributed by atoms with E-state index in [2.05, 4.69) is 9.47 Å². The first-order valence-corrected chi connectivity index (χ1v) is 4.85. The van der Waals surface area contributed by atoms with Crippen molar-refractivity contribution in [3.63, 3.8) is 0 Å². The highest BCUT2D eigenvalue weighted by Crippen LogP contribution is 2.19. The molecule has 0 aromatic heterocycles. The Bertz CT molecular complexity index is 375. The quantitative estimate of drug-likeness (QED) is 0.784. The van der Waals surface area contributed by atoms with Crippen LogP contribution in [-0.2, 0) is 11.3 Å². The van der Waals surface area contributed by atoms with Gasteiger partial charge in [-0.2, -0.15) is 13.2 Å². The number of ether oxygens (including phenoxy) is 2. The fourth-order valence-corrected chi connectivity index (χ4v) is 1.04. The maximum atomic E-state index is 11.8. The number of carbonyl (C=O) groups is 1. The normalized spacial score (nSPS) is 11.1. The highest BCUT2D eigenvalue weighted by Gasteiger charge is 2.28. The van der Waals surface area contributed by atoms with Gasteiger partial charge in [-0.1, -0.05) is 12.1 Å². The molecule has 1 rings (SSSR count). The van der Waals surface area contributed by atoms with E-state index in [1.165, 1.54) is 24.3 Å². The average molecular weight is 269 g/mol. The molecule has 0 aliphatic heterocycles. The van der Waals surface area contributed by atoms with Crippen molar-refractivity contribution in [2.45, 2.75) is 12.8 Å². The summed E-state index contributed by atoms with van der Waals surface area (Å²) < 4.78 is 44.5. The number of halogens is 4. The van der Waals surface area contributed by atoms with Crippen LogP contribution in [0.25, 0.3) is 0 Å². The topological polar surface area (TPSA) is 35.5 Å². The minimum atomic E-state index is -4.37. The Morgan fingerprint density at radius 3 is 2.29 bits per heavy atom. The van der Waals surface area contributed by atoms with Gasteiger partial charge in [-0.3, -0.25) is 0 Å². The Hall–Kier alpha value is -1.43. The molecule has 0 heterocycles. The van der Waals surface area contributed by atoms with Crippen molar-refractivity contribution < 1.29 is 27.4 Å². The summed E-state index contributed by atoms with van der Waals surface area (Å²) >= 11 is 4.95. The van der Waals surface area contributed by atoms with Gasteiger partial charge in [-0.05, 0) is 17.7 Å². The second kappa shape index (κ2) is 5.77. The van der Waals surface area contributed by atoms with Gasteiger partial charge in [0.15, 0.2) is 6.61 Å². The van der Waals surface area contributed by atoms with Gasteiger partial charge in [0.1, 0.15) is 12.4 Å². The summed E-state index contributed by atoms with van der Waals surface area (Å²) in [6.45, 7) is -1.38. The predicted octanol–water partition coefficient (Wildman–Crippen LogP) is 3.50. The zero-order chi connectivity index (χ0) is 12.9. The van der Waals surface area contributed by atoms with Gasteiger partial charge in [-0.15, -0.1) is 0 Å². The molecule has 0 spiro atoms. The molecule has 0 amide bonds. The van der Waals surface area contributed by atoms with Gasteiger partial charge in [0.25, 0.3) is 0 Å². The van der Waals surface area contributed by atoms with E-state index in [1.54, 1.807) is 0 Å². The maximum Gasteiger partial charge on any atom is 0.422 e. The number of alkyl halides is 3. The highest BCUT2D eigenvalue weighted by molar-refractivity contribution is 6.61.